The normalized spacial score (nSPS) is 11.9. The molecule has 7 nitrogen and oxygen atoms in total. The first kappa shape index (κ1) is 27.8. The minimum Gasteiger partial charge on any atom is -0.456 e. The smallest absolute Gasteiger partial charge is 0.165 e. The van der Waals surface area contributed by atoms with Gasteiger partial charge in [0.1, 0.15) is 33.5 Å². The van der Waals surface area contributed by atoms with Gasteiger partial charge in [-0.1, -0.05) is 78.9 Å². The lowest BCUT2D eigenvalue weighted by Gasteiger charge is -2.11. The molecule has 0 saturated heterocycles. The number of pyridine rings is 1. The van der Waals surface area contributed by atoms with Crippen molar-refractivity contribution in [2.45, 2.75) is 0 Å². The van der Waals surface area contributed by atoms with Gasteiger partial charge in [-0.15, -0.1) is 0 Å². The zero-order chi connectivity index (χ0) is 33.5. The van der Waals surface area contributed by atoms with Gasteiger partial charge in [0, 0.05) is 72.5 Å². The Morgan fingerprint density at radius 3 is 1.78 bits per heavy atom. The SMILES string of the molecule is c1cncc(-c2nc(-c3ccc4c(c3)oc3ccccc34)nc(-c3ccc(-c4cccc5c4oc4ccccc45)c4oc5ccccc5c34)n2)c1. The molecule has 0 fully saturated rings. The second kappa shape index (κ2) is 10.7. The van der Waals surface area contributed by atoms with Crippen molar-refractivity contribution < 1.29 is 13.3 Å². The van der Waals surface area contributed by atoms with Crippen LogP contribution in [0.1, 0.15) is 0 Å². The Kier molecular flexibility index (Phi) is 5.83. The van der Waals surface area contributed by atoms with Crippen molar-refractivity contribution in [3.05, 3.63) is 146 Å². The Labute approximate surface area is 289 Å². The van der Waals surface area contributed by atoms with Gasteiger partial charge in [0.05, 0.1) is 0 Å². The van der Waals surface area contributed by atoms with E-state index in [9.17, 15) is 0 Å². The molecular weight excluding hydrogens is 633 g/mol. The minimum atomic E-state index is 0.518. The van der Waals surface area contributed by atoms with Gasteiger partial charge >= 0.3 is 0 Å². The van der Waals surface area contributed by atoms with E-state index in [0.29, 0.717) is 17.5 Å². The van der Waals surface area contributed by atoms with E-state index in [0.717, 1.165) is 93.6 Å². The zero-order valence-corrected chi connectivity index (χ0v) is 26.9. The van der Waals surface area contributed by atoms with Gasteiger partial charge in [-0.25, -0.2) is 15.0 Å². The molecule has 0 radical (unpaired) electrons. The fraction of sp³-hybridized carbons (Fsp3) is 0. The molecule has 0 saturated carbocycles. The van der Waals surface area contributed by atoms with Crippen molar-refractivity contribution in [1.82, 2.24) is 19.9 Å². The van der Waals surface area contributed by atoms with Gasteiger partial charge in [0.15, 0.2) is 17.5 Å². The molecule has 0 aliphatic rings. The lowest BCUT2D eigenvalue weighted by atomic mass is 9.96. The number of rotatable bonds is 4. The van der Waals surface area contributed by atoms with Gasteiger partial charge in [0.2, 0.25) is 0 Å². The number of nitrogens with zero attached hydrogens (tertiary/aromatic N) is 4. The number of para-hydroxylation sites is 4. The molecule has 5 aromatic heterocycles. The van der Waals surface area contributed by atoms with Crippen LogP contribution in [0, 0.1) is 0 Å². The topological polar surface area (TPSA) is 91.0 Å². The van der Waals surface area contributed by atoms with E-state index in [2.05, 4.69) is 59.6 Å². The maximum Gasteiger partial charge on any atom is 0.165 e. The van der Waals surface area contributed by atoms with Crippen LogP contribution in [0.25, 0.3) is 111 Å². The van der Waals surface area contributed by atoms with E-state index in [1.54, 1.807) is 12.4 Å². The Morgan fingerprint density at radius 2 is 0.980 bits per heavy atom. The maximum atomic E-state index is 6.69. The predicted octanol–water partition coefficient (Wildman–Crippen LogP) is 11.6. The van der Waals surface area contributed by atoms with Gasteiger partial charge in [-0.2, -0.15) is 0 Å². The van der Waals surface area contributed by atoms with Crippen LogP contribution in [-0.2, 0) is 0 Å². The summed E-state index contributed by atoms with van der Waals surface area (Å²) in [4.78, 5) is 19.5. The van der Waals surface area contributed by atoms with Crippen molar-refractivity contribution in [3.8, 4) is 45.3 Å². The summed E-state index contributed by atoms with van der Waals surface area (Å²) in [5, 5.41) is 6.12. The van der Waals surface area contributed by atoms with E-state index in [1.807, 2.05) is 78.9 Å². The fourth-order valence-electron chi connectivity index (χ4n) is 7.30. The summed E-state index contributed by atoms with van der Waals surface area (Å²) >= 11 is 0. The molecule has 0 aliphatic carbocycles. The highest BCUT2D eigenvalue weighted by Crippen LogP contribution is 2.44. The van der Waals surface area contributed by atoms with Crippen molar-refractivity contribution in [2.24, 2.45) is 0 Å². The molecule has 238 valence electrons. The van der Waals surface area contributed by atoms with Crippen LogP contribution in [0.4, 0.5) is 0 Å². The van der Waals surface area contributed by atoms with Crippen LogP contribution < -0.4 is 0 Å². The van der Waals surface area contributed by atoms with Gasteiger partial charge < -0.3 is 13.3 Å². The Bertz CT molecular complexity index is 3160. The molecule has 0 unspecified atom stereocenters. The van der Waals surface area contributed by atoms with Gasteiger partial charge in [-0.3, -0.25) is 4.98 Å². The van der Waals surface area contributed by atoms with Crippen LogP contribution in [0.2, 0.25) is 0 Å². The fourth-order valence-corrected chi connectivity index (χ4v) is 7.30. The third kappa shape index (κ3) is 4.25. The van der Waals surface area contributed by atoms with Crippen LogP contribution in [0.3, 0.4) is 0 Å². The van der Waals surface area contributed by atoms with Crippen LogP contribution >= 0.6 is 0 Å². The number of benzene rings is 6. The Morgan fingerprint density at radius 1 is 0.373 bits per heavy atom. The molecule has 5 heterocycles. The zero-order valence-electron chi connectivity index (χ0n) is 26.9. The molecule has 51 heavy (non-hydrogen) atoms. The first-order chi connectivity index (χ1) is 25.3. The van der Waals surface area contributed by atoms with Gasteiger partial charge in [0.25, 0.3) is 0 Å². The summed E-state index contributed by atoms with van der Waals surface area (Å²) in [7, 11) is 0. The molecule has 11 aromatic rings. The first-order valence-corrected chi connectivity index (χ1v) is 16.7. The van der Waals surface area contributed by atoms with Crippen LogP contribution in [0.5, 0.6) is 0 Å². The summed E-state index contributed by atoms with van der Waals surface area (Å²) in [6.07, 6.45) is 3.51. The summed E-state index contributed by atoms with van der Waals surface area (Å²) < 4.78 is 19.4. The number of hydrogen-bond donors (Lipinski definition) is 0. The second-order valence-corrected chi connectivity index (χ2v) is 12.6. The summed E-state index contributed by atoms with van der Waals surface area (Å²) in [6.45, 7) is 0. The number of fused-ring (bicyclic) bond motifs is 9. The molecule has 0 atom stereocenters. The summed E-state index contributed by atoms with van der Waals surface area (Å²) in [5.41, 5.74) is 9.08. The van der Waals surface area contributed by atoms with E-state index in [4.69, 9.17) is 28.2 Å². The monoisotopic (exact) mass is 656 g/mol. The summed E-state index contributed by atoms with van der Waals surface area (Å²) in [6, 6.07) is 44.6. The molecule has 0 aliphatic heterocycles. The largest absolute Gasteiger partial charge is 0.456 e. The Balaban J connectivity index is 1.17. The average Bonchev–Trinajstić information content (AvgIpc) is 3.89. The highest BCUT2D eigenvalue weighted by atomic mass is 16.3. The van der Waals surface area contributed by atoms with E-state index >= 15 is 0 Å². The van der Waals surface area contributed by atoms with E-state index in [1.165, 1.54) is 0 Å². The molecule has 0 N–H and O–H groups in total. The number of aromatic nitrogens is 4. The molecule has 6 aromatic carbocycles. The highest BCUT2D eigenvalue weighted by Gasteiger charge is 2.23. The predicted molar refractivity (Wildman–Crippen MR) is 201 cm³/mol. The van der Waals surface area contributed by atoms with Crippen molar-refractivity contribution in [2.75, 3.05) is 0 Å². The minimum absolute atomic E-state index is 0.518. The number of hydrogen-bond acceptors (Lipinski definition) is 7. The standard InChI is InChI=1S/C44H24N4O3/c1-4-15-35-27(10-1)29-19-18-25(23-38(29)49-35)42-46-43(26-9-8-22-45-24-26)48-44(47-42)34-21-20-32(41-39(34)33-12-3-6-17-37(33)51-41)31-14-7-13-30-28-11-2-5-16-36(28)50-40(30)31/h1-24H. The average molecular weight is 657 g/mol. The first-order valence-electron chi connectivity index (χ1n) is 16.7. The van der Waals surface area contributed by atoms with Crippen molar-refractivity contribution >= 4 is 65.8 Å². The molecule has 0 amide bonds. The number of furan rings is 3. The maximum absolute atomic E-state index is 6.69. The molecule has 7 heteroatoms. The van der Waals surface area contributed by atoms with Gasteiger partial charge in [-0.05, 0) is 54.6 Å². The second-order valence-electron chi connectivity index (χ2n) is 12.6. The quantitative estimate of drug-likeness (QED) is 0.186. The van der Waals surface area contributed by atoms with Crippen molar-refractivity contribution in [3.63, 3.8) is 0 Å². The van der Waals surface area contributed by atoms with E-state index < -0.39 is 0 Å². The third-order valence-electron chi connectivity index (χ3n) is 9.65. The van der Waals surface area contributed by atoms with E-state index in [-0.39, 0.29) is 0 Å². The molecule has 11 rings (SSSR count). The lowest BCUT2D eigenvalue weighted by Crippen LogP contribution is -2.00. The Hall–Kier alpha value is -7.12. The van der Waals surface area contributed by atoms with Crippen molar-refractivity contribution in [1.29, 1.82) is 0 Å². The van der Waals surface area contributed by atoms with Crippen LogP contribution in [0.15, 0.2) is 159 Å². The van der Waals surface area contributed by atoms with Crippen LogP contribution in [-0.4, -0.2) is 19.9 Å². The highest BCUT2D eigenvalue weighted by molar-refractivity contribution is 6.18. The third-order valence-corrected chi connectivity index (χ3v) is 9.65. The summed E-state index contributed by atoms with van der Waals surface area (Å²) in [5.74, 6) is 1.57. The molecule has 0 bridgehead atoms. The molecular formula is C44H24N4O3. The molecule has 0 spiro atoms. The lowest BCUT2D eigenvalue weighted by molar-refractivity contribution is 0.665.